The summed E-state index contributed by atoms with van der Waals surface area (Å²) in [5.41, 5.74) is 0. The predicted molar refractivity (Wildman–Crippen MR) is 45.8 cm³/mol. The summed E-state index contributed by atoms with van der Waals surface area (Å²) in [6.45, 7) is 0. The first kappa shape index (κ1) is 6.35. The average Bonchev–Trinajstić information content (AvgIpc) is 2.55. The predicted octanol–water partition coefficient (Wildman–Crippen LogP) is 1.51. The summed E-state index contributed by atoms with van der Waals surface area (Å²) in [6, 6.07) is 0. The number of hydrogen-bond donors (Lipinski definition) is 0. The van der Waals surface area contributed by atoms with Crippen LogP contribution in [0.5, 0.6) is 0 Å². The molecule has 3 aliphatic heterocycles. The number of fused-ring (bicyclic) bond motifs is 2. The van der Waals surface area contributed by atoms with Gasteiger partial charge in [0.05, 0.1) is 6.21 Å². The van der Waals surface area contributed by atoms with Gasteiger partial charge < -0.3 is 4.84 Å². The van der Waals surface area contributed by atoms with Crippen LogP contribution in [0.25, 0.3) is 0 Å². The molecular weight excluding hydrogens is 158 g/mol. The Bertz CT molecular complexity index is 198. The van der Waals surface area contributed by atoms with Gasteiger partial charge in [-0.05, 0) is 24.5 Å². The van der Waals surface area contributed by atoms with E-state index in [0.717, 1.165) is 11.2 Å². The van der Waals surface area contributed by atoms with Crippen LogP contribution in [-0.4, -0.2) is 23.3 Å². The van der Waals surface area contributed by atoms with Gasteiger partial charge in [-0.3, -0.25) is 0 Å². The van der Waals surface area contributed by atoms with Crippen LogP contribution in [0.4, 0.5) is 0 Å². The quantitative estimate of drug-likeness (QED) is 0.548. The van der Waals surface area contributed by atoms with Gasteiger partial charge in [0.2, 0.25) is 0 Å². The lowest BCUT2D eigenvalue weighted by molar-refractivity contribution is 0.0245. The van der Waals surface area contributed by atoms with Crippen molar-refractivity contribution in [3.8, 4) is 0 Å². The van der Waals surface area contributed by atoms with Crippen LogP contribution in [0.15, 0.2) is 5.16 Å². The van der Waals surface area contributed by atoms with Gasteiger partial charge >= 0.3 is 0 Å². The summed E-state index contributed by atoms with van der Waals surface area (Å²) in [6.07, 6.45) is 5.21. The van der Waals surface area contributed by atoms with Crippen molar-refractivity contribution in [1.82, 2.24) is 0 Å². The van der Waals surface area contributed by atoms with Crippen LogP contribution in [0.1, 0.15) is 12.8 Å². The highest BCUT2D eigenvalue weighted by Gasteiger charge is 2.47. The first-order valence-electron chi connectivity index (χ1n) is 4.26. The van der Waals surface area contributed by atoms with Gasteiger partial charge in [0.15, 0.2) is 0 Å². The first-order chi connectivity index (χ1) is 5.45. The highest BCUT2D eigenvalue weighted by molar-refractivity contribution is 8.00. The van der Waals surface area contributed by atoms with Crippen LogP contribution in [-0.2, 0) is 4.84 Å². The third-order valence-corrected chi connectivity index (χ3v) is 4.60. The van der Waals surface area contributed by atoms with Gasteiger partial charge in [0.1, 0.15) is 6.10 Å². The fourth-order valence-corrected chi connectivity index (χ4v) is 4.00. The fourth-order valence-electron chi connectivity index (χ4n) is 2.39. The Hall–Kier alpha value is -0.180. The Morgan fingerprint density at radius 3 is 3.18 bits per heavy atom. The molecule has 3 fully saturated rings. The molecule has 1 aliphatic carbocycles. The van der Waals surface area contributed by atoms with Gasteiger partial charge in [-0.25, -0.2) is 0 Å². The molecule has 4 atom stereocenters. The van der Waals surface area contributed by atoms with Gasteiger partial charge in [0.25, 0.3) is 0 Å². The van der Waals surface area contributed by atoms with Crippen LogP contribution in [0, 0.1) is 11.8 Å². The molecule has 11 heavy (non-hydrogen) atoms. The average molecular weight is 169 g/mol. The van der Waals surface area contributed by atoms with Crippen molar-refractivity contribution in [2.75, 3.05) is 5.75 Å². The van der Waals surface area contributed by atoms with Crippen LogP contribution < -0.4 is 0 Å². The van der Waals surface area contributed by atoms with Crippen molar-refractivity contribution in [3.05, 3.63) is 0 Å². The lowest BCUT2D eigenvalue weighted by Gasteiger charge is -2.42. The molecule has 1 saturated carbocycles. The maximum atomic E-state index is 5.34. The lowest BCUT2D eigenvalue weighted by atomic mass is 9.78. The van der Waals surface area contributed by atoms with E-state index in [1.165, 1.54) is 18.6 Å². The molecular formula is C8H11NOS. The van der Waals surface area contributed by atoms with Crippen molar-refractivity contribution >= 4 is 18.0 Å². The summed E-state index contributed by atoms with van der Waals surface area (Å²) in [5.74, 6) is 2.86. The maximum absolute atomic E-state index is 5.34. The fraction of sp³-hybridized carbons (Fsp3) is 0.875. The lowest BCUT2D eigenvalue weighted by Crippen LogP contribution is -2.45. The molecule has 4 aliphatic rings. The molecule has 2 bridgehead atoms. The molecule has 3 heteroatoms. The second-order valence-corrected chi connectivity index (χ2v) is 4.88. The van der Waals surface area contributed by atoms with Crippen molar-refractivity contribution in [2.24, 2.45) is 17.0 Å². The summed E-state index contributed by atoms with van der Waals surface area (Å²) < 4.78 is 0. The highest BCUT2D eigenvalue weighted by atomic mass is 32.2. The number of rotatable bonds is 0. The zero-order valence-electron chi connectivity index (χ0n) is 6.27. The summed E-state index contributed by atoms with van der Waals surface area (Å²) in [4.78, 5) is 5.34. The highest BCUT2D eigenvalue weighted by Crippen LogP contribution is 2.46. The van der Waals surface area contributed by atoms with Crippen molar-refractivity contribution in [1.29, 1.82) is 0 Å². The monoisotopic (exact) mass is 169 g/mol. The summed E-state index contributed by atoms with van der Waals surface area (Å²) in [7, 11) is 0. The molecule has 0 aromatic rings. The van der Waals surface area contributed by atoms with Gasteiger partial charge in [-0.1, -0.05) is 5.16 Å². The van der Waals surface area contributed by atoms with Gasteiger partial charge in [0, 0.05) is 11.2 Å². The van der Waals surface area contributed by atoms with Crippen LogP contribution in [0.3, 0.4) is 0 Å². The normalized spacial score (nSPS) is 52.4. The first-order valence-corrected chi connectivity index (χ1v) is 5.31. The number of hydrogen-bond acceptors (Lipinski definition) is 3. The minimum absolute atomic E-state index is 0.437. The SMILES string of the molecule is C1=NO[C@H]2[C@@H]1[C@H]1CC[C@@H]2SC1. The molecule has 2 nitrogen and oxygen atoms in total. The largest absolute Gasteiger partial charge is 0.391 e. The van der Waals surface area contributed by atoms with Crippen LogP contribution >= 0.6 is 11.8 Å². The minimum atomic E-state index is 0.437. The molecule has 0 aromatic heterocycles. The number of thioether (sulfide) groups is 1. The molecule has 4 rings (SSSR count). The van der Waals surface area contributed by atoms with Crippen molar-refractivity contribution < 1.29 is 4.84 Å². The van der Waals surface area contributed by atoms with Crippen molar-refractivity contribution in [3.63, 3.8) is 0 Å². The molecule has 3 heterocycles. The Morgan fingerprint density at radius 1 is 1.45 bits per heavy atom. The van der Waals surface area contributed by atoms with E-state index < -0.39 is 0 Å². The maximum Gasteiger partial charge on any atom is 0.147 e. The molecule has 0 aromatic carbocycles. The Balaban J connectivity index is 1.93. The number of nitrogens with zero attached hydrogens (tertiary/aromatic N) is 1. The van der Waals surface area contributed by atoms with E-state index >= 15 is 0 Å². The molecule has 0 amide bonds. The van der Waals surface area contributed by atoms with Gasteiger partial charge in [-0.2, -0.15) is 11.8 Å². The molecule has 60 valence electrons. The third kappa shape index (κ3) is 0.776. The van der Waals surface area contributed by atoms with E-state index in [4.69, 9.17) is 4.84 Å². The van der Waals surface area contributed by atoms with E-state index in [1.807, 2.05) is 6.21 Å². The topological polar surface area (TPSA) is 21.6 Å². The molecule has 2 saturated heterocycles. The van der Waals surface area contributed by atoms with E-state index in [-0.39, 0.29) is 0 Å². The van der Waals surface area contributed by atoms with Gasteiger partial charge in [-0.15, -0.1) is 0 Å². The minimum Gasteiger partial charge on any atom is -0.391 e. The van der Waals surface area contributed by atoms with E-state index in [0.29, 0.717) is 12.0 Å². The molecule has 0 radical (unpaired) electrons. The third-order valence-electron chi connectivity index (χ3n) is 3.05. The molecule has 0 spiro atoms. The van der Waals surface area contributed by atoms with E-state index in [1.54, 1.807) is 0 Å². The molecule has 0 N–H and O–H groups in total. The summed E-state index contributed by atoms with van der Waals surface area (Å²) >= 11 is 2.08. The number of oxime groups is 1. The smallest absolute Gasteiger partial charge is 0.147 e. The summed E-state index contributed by atoms with van der Waals surface area (Å²) in [5, 5.41) is 4.67. The van der Waals surface area contributed by atoms with E-state index in [9.17, 15) is 0 Å². The second kappa shape index (κ2) is 2.16. The van der Waals surface area contributed by atoms with E-state index in [2.05, 4.69) is 16.9 Å². The second-order valence-electron chi connectivity index (χ2n) is 3.61. The zero-order valence-corrected chi connectivity index (χ0v) is 7.09. The zero-order chi connectivity index (χ0) is 7.26. The van der Waals surface area contributed by atoms with Crippen LogP contribution in [0.2, 0.25) is 0 Å². The Labute approximate surface area is 70.4 Å². The van der Waals surface area contributed by atoms with Crippen molar-refractivity contribution in [2.45, 2.75) is 24.2 Å². The molecule has 0 unspecified atom stereocenters. The Kier molecular flexibility index (Phi) is 1.24. The Morgan fingerprint density at radius 2 is 2.45 bits per heavy atom. The standard InChI is InChI=1S/C8H11NOS/c1-2-7-8-6(3-9-10-8)5(1)4-11-7/h3,5-8H,1-2,4H2/t5-,6-,7-,8-/m0/s1.